The number of carbonyl (C=O) groups excluding carboxylic acids is 1. The first kappa shape index (κ1) is 15.3. The lowest BCUT2D eigenvalue weighted by molar-refractivity contribution is 0.0743. The Morgan fingerprint density at radius 2 is 1.96 bits per heavy atom. The van der Waals surface area contributed by atoms with Crippen molar-refractivity contribution >= 4 is 5.91 Å². The summed E-state index contributed by atoms with van der Waals surface area (Å²) in [7, 11) is 0. The van der Waals surface area contributed by atoms with Crippen LogP contribution in [0.15, 0.2) is 42.6 Å². The maximum absolute atomic E-state index is 13.2. The topological polar surface area (TPSA) is 51.0 Å². The standard InChI is InChI=1S/C21H20N4O/c1-14-6-2-3-9-18(14)25-19-10-4-8-16(19)20(23-25)21(26)24-12-15-7-5-11-22-17(15)13-24/h2-3,5-7,9,11H,4,8,10,12-13H2,1H3. The van der Waals surface area contributed by atoms with Gasteiger partial charge in [0.2, 0.25) is 0 Å². The predicted octanol–water partition coefficient (Wildman–Crippen LogP) is 3.22. The van der Waals surface area contributed by atoms with E-state index in [1.807, 2.05) is 33.8 Å². The smallest absolute Gasteiger partial charge is 0.275 e. The van der Waals surface area contributed by atoms with Gasteiger partial charge in [0.25, 0.3) is 5.91 Å². The summed E-state index contributed by atoms with van der Waals surface area (Å²) >= 11 is 0. The molecule has 5 heteroatoms. The number of para-hydroxylation sites is 1. The Labute approximate surface area is 152 Å². The quantitative estimate of drug-likeness (QED) is 0.717. The van der Waals surface area contributed by atoms with Gasteiger partial charge in [-0.25, -0.2) is 4.68 Å². The van der Waals surface area contributed by atoms with Crippen LogP contribution < -0.4 is 0 Å². The molecule has 2 aromatic heterocycles. The van der Waals surface area contributed by atoms with E-state index in [2.05, 4.69) is 24.0 Å². The van der Waals surface area contributed by atoms with Crippen LogP contribution in [-0.2, 0) is 25.9 Å². The second-order valence-corrected chi connectivity index (χ2v) is 7.10. The number of hydrogen-bond acceptors (Lipinski definition) is 3. The van der Waals surface area contributed by atoms with E-state index in [-0.39, 0.29) is 5.91 Å². The molecule has 2 aliphatic rings. The van der Waals surface area contributed by atoms with Crippen LogP contribution in [0, 0.1) is 6.92 Å². The molecule has 0 unspecified atom stereocenters. The normalized spacial score (nSPS) is 15.2. The number of amides is 1. The largest absolute Gasteiger partial charge is 0.327 e. The Kier molecular flexibility index (Phi) is 3.42. The first-order valence-electron chi connectivity index (χ1n) is 9.11. The van der Waals surface area contributed by atoms with Crippen LogP contribution in [-0.4, -0.2) is 25.6 Å². The lowest BCUT2D eigenvalue weighted by Crippen LogP contribution is -2.26. The third kappa shape index (κ3) is 2.27. The fraction of sp³-hybridized carbons (Fsp3) is 0.286. The monoisotopic (exact) mass is 344 g/mol. The van der Waals surface area contributed by atoms with Crippen LogP contribution in [0.1, 0.15) is 45.0 Å². The van der Waals surface area contributed by atoms with Gasteiger partial charge in [0, 0.05) is 24.0 Å². The van der Waals surface area contributed by atoms with E-state index in [0.29, 0.717) is 18.8 Å². The molecule has 0 fully saturated rings. The Hall–Kier alpha value is -2.95. The zero-order valence-electron chi connectivity index (χ0n) is 14.8. The van der Waals surface area contributed by atoms with E-state index < -0.39 is 0 Å². The minimum Gasteiger partial charge on any atom is -0.327 e. The summed E-state index contributed by atoms with van der Waals surface area (Å²) in [6, 6.07) is 12.2. The van der Waals surface area contributed by atoms with Crippen LogP contribution in [0.4, 0.5) is 0 Å². The number of aryl methyl sites for hydroxylation is 1. The average molecular weight is 344 g/mol. The molecular weight excluding hydrogens is 324 g/mol. The lowest BCUT2D eigenvalue weighted by Gasteiger charge is -2.14. The van der Waals surface area contributed by atoms with Crippen molar-refractivity contribution in [2.24, 2.45) is 0 Å². The summed E-state index contributed by atoms with van der Waals surface area (Å²) in [4.78, 5) is 19.5. The molecule has 1 aliphatic heterocycles. The Bertz CT molecular complexity index is 996. The van der Waals surface area contributed by atoms with Gasteiger partial charge in [-0.15, -0.1) is 0 Å². The highest BCUT2D eigenvalue weighted by Gasteiger charge is 2.32. The molecule has 0 radical (unpaired) electrons. The van der Waals surface area contributed by atoms with Crippen LogP contribution in [0.2, 0.25) is 0 Å². The molecule has 0 bridgehead atoms. The van der Waals surface area contributed by atoms with Gasteiger partial charge in [0.1, 0.15) is 0 Å². The van der Waals surface area contributed by atoms with E-state index in [9.17, 15) is 4.79 Å². The van der Waals surface area contributed by atoms with Crippen molar-refractivity contribution < 1.29 is 4.79 Å². The highest BCUT2D eigenvalue weighted by atomic mass is 16.2. The van der Waals surface area contributed by atoms with E-state index in [1.165, 1.54) is 11.3 Å². The Morgan fingerprint density at radius 1 is 1.08 bits per heavy atom. The summed E-state index contributed by atoms with van der Waals surface area (Å²) in [6.45, 7) is 3.28. The zero-order valence-corrected chi connectivity index (χ0v) is 14.8. The first-order valence-corrected chi connectivity index (χ1v) is 9.11. The molecule has 0 N–H and O–H groups in total. The van der Waals surface area contributed by atoms with Gasteiger partial charge in [-0.05, 0) is 49.4 Å². The fourth-order valence-corrected chi connectivity index (χ4v) is 4.10. The molecular formula is C21H20N4O. The molecule has 1 aliphatic carbocycles. The molecule has 26 heavy (non-hydrogen) atoms. The average Bonchev–Trinajstić information content (AvgIpc) is 3.36. The third-order valence-corrected chi connectivity index (χ3v) is 5.45. The minimum absolute atomic E-state index is 0.0217. The van der Waals surface area contributed by atoms with Gasteiger partial charge in [-0.2, -0.15) is 5.10 Å². The lowest BCUT2D eigenvalue weighted by atomic mass is 10.1. The van der Waals surface area contributed by atoms with Gasteiger partial charge in [0.05, 0.1) is 17.9 Å². The van der Waals surface area contributed by atoms with Crippen LogP contribution in [0.3, 0.4) is 0 Å². The molecule has 0 atom stereocenters. The maximum Gasteiger partial charge on any atom is 0.275 e. The van der Waals surface area contributed by atoms with E-state index >= 15 is 0 Å². The Morgan fingerprint density at radius 3 is 2.81 bits per heavy atom. The molecule has 3 aromatic rings. The number of carbonyl (C=O) groups is 1. The number of nitrogens with zero attached hydrogens (tertiary/aromatic N) is 4. The Balaban J connectivity index is 1.54. The van der Waals surface area contributed by atoms with Gasteiger partial charge in [0.15, 0.2) is 5.69 Å². The summed E-state index contributed by atoms with van der Waals surface area (Å²) in [5, 5.41) is 4.78. The number of fused-ring (bicyclic) bond motifs is 2. The van der Waals surface area contributed by atoms with Gasteiger partial charge >= 0.3 is 0 Å². The predicted molar refractivity (Wildman–Crippen MR) is 98.1 cm³/mol. The number of pyridine rings is 1. The molecule has 130 valence electrons. The number of benzene rings is 1. The van der Waals surface area contributed by atoms with E-state index in [1.54, 1.807) is 6.20 Å². The first-order chi connectivity index (χ1) is 12.7. The minimum atomic E-state index is 0.0217. The molecule has 5 rings (SSSR count). The van der Waals surface area contributed by atoms with Crippen molar-refractivity contribution in [1.29, 1.82) is 0 Å². The van der Waals surface area contributed by atoms with Gasteiger partial charge < -0.3 is 4.90 Å². The molecule has 1 amide bonds. The van der Waals surface area contributed by atoms with Crippen LogP contribution >= 0.6 is 0 Å². The molecule has 0 saturated carbocycles. The maximum atomic E-state index is 13.2. The summed E-state index contributed by atoms with van der Waals surface area (Å²) in [5.41, 5.74) is 7.30. The van der Waals surface area contributed by atoms with Crippen molar-refractivity contribution in [3.63, 3.8) is 0 Å². The fourth-order valence-electron chi connectivity index (χ4n) is 4.10. The van der Waals surface area contributed by atoms with Crippen molar-refractivity contribution in [3.05, 3.63) is 76.4 Å². The molecule has 3 heterocycles. The summed E-state index contributed by atoms with van der Waals surface area (Å²) in [5.74, 6) is 0.0217. The highest BCUT2D eigenvalue weighted by molar-refractivity contribution is 5.94. The van der Waals surface area contributed by atoms with Crippen molar-refractivity contribution in [2.45, 2.75) is 39.3 Å². The number of aromatic nitrogens is 3. The third-order valence-electron chi connectivity index (χ3n) is 5.45. The molecule has 1 aromatic carbocycles. The molecule has 0 saturated heterocycles. The van der Waals surface area contributed by atoms with Crippen LogP contribution in [0.5, 0.6) is 0 Å². The summed E-state index contributed by atoms with van der Waals surface area (Å²) < 4.78 is 1.99. The second-order valence-electron chi connectivity index (χ2n) is 7.10. The zero-order chi connectivity index (χ0) is 17.7. The van der Waals surface area contributed by atoms with E-state index in [0.717, 1.165) is 41.8 Å². The molecule has 5 nitrogen and oxygen atoms in total. The highest BCUT2D eigenvalue weighted by Crippen LogP contribution is 2.31. The van der Waals surface area contributed by atoms with Gasteiger partial charge in [-0.3, -0.25) is 9.78 Å². The SMILES string of the molecule is Cc1ccccc1-n1nc(C(=O)N2Cc3cccnc3C2)c2c1CCC2. The summed E-state index contributed by atoms with van der Waals surface area (Å²) in [6.07, 6.45) is 4.78. The van der Waals surface area contributed by atoms with Crippen LogP contribution in [0.25, 0.3) is 5.69 Å². The van der Waals surface area contributed by atoms with Gasteiger partial charge in [-0.1, -0.05) is 24.3 Å². The number of hydrogen-bond donors (Lipinski definition) is 0. The number of rotatable bonds is 2. The van der Waals surface area contributed by atoms with E-state index in [4.69, 9.17) is 5.10 Å². The van der Waals surface area contributed by atoms with Crippen molar-refractivity contribution in [2.75, 3.05) is 0 Å². The van der Waals surface area contributed by atoms with Crippen molar-refractivity contribution in [1.82, 2.24) is 19.7 Å². The second kappa shape index (κ2) is 5.80. The van der Waals surface area contributed by atoms with Crippen molar-refractivity contribution in [3.8, 4) is 5.69 Å². The molecule has 0 spiro atoms.